The van der Waals surface area contributed by atoms with Crippen LogP contribution in [0.25, 0.3) is 0 Å². The highest BCUT2D eigenvalue weighted by atomic mass is 16.3. The van der Waals surface area contributed by atoms with E-state index in [1.54, 1.807) is 6.08 Å². The topological polar surface area (TPSA) is 69.6 Å². The molecule has 0 aromatic heterocycles. The molecule has 0 rings (SSSR count). The lowest BCUT2D eigenvalue weighted by atomic mass is 10.0. The lowest BCUT2D eigenvalue weighted by Crippen LogP contribution is -2.45. The molecule has 0 radical (unpaired) electrons. The molecule has 2 unspecified atom stereocenters. The highest BCUT2D eigenvalue weighted by Crippen LogP contribution is 2.18. The number of carbonyl (C=O) groups excluding carboxylic acids is 1. The van der Waals surface area contributed by atoms with Crippen LogP contribution in [0, 0.1) is 0 Å². The number of amides is 1. The molecule has 73 heavy (non-hydrogen) atoms. The van der Waals surface area contributed by atoms with Crippen LogP contribution in [0.5, 0.6) is 0 Å². The zero-order chi connectivity index (χ0) is 52.7. The van der Waals surface area contributed by atoms with Gasteiger partial charge in [0, 0.05) is 6.42 Å². The minimum Gasteiger partial charge on any atom is -0.394 e. The van der Waals surface area contributed by atoms with E-state index in [-0.39, 0.29) is 12.5 Å². The summed E-state index contributed by atoms with van der Waals surface area (Å²) in [5.41, 5.74) is 0. The van der Waals surface area contributed by atoms with Crippen molar-refractivity contribution in [3.8, 4) is 0 Å². The third-order valence-corrected chi connectivity index (χ3v) is 14.6. The molecule has 1 amide bonds. The maximum atomic E-state index is 12.5. The quantitative estimate of drug-likeness (QED) is 0.0420. The van der Waals surface area contributed by atoms with Crippen LogP contribution in [0.2, 0.25) is 0 Å². The molecule has 3 N–H and O–H groups in total. The fraction of sp³-hybridized carbons (Fsp3) is 0.783. The van der Waals surface area contributed by atoms with Gasteiger partial charge in [-0.2, -0.15) is 0 Å². The molecule has 0 aromatic carbocycles. The van der Waals surface area contributed by atoms with Gasteiger partial charge in [0.15, 0.2) is 0 Å². The molecule has 0 saturated carbocycles. The van der Waals surface area contributed by atoms with Crippen molar-refractivity contribution in [2.75, 3.05) is 6.61 Å². The Morgan fingerprint density at radius 3 is 0.904 bits per heavy atom. The van der Waals surface area contributed by atoms with Gasteiger partial charge < -0.3 is 15.5 Å². The molecule has 0 aliphatic rings. The largest absolute Gasteiger partial charge is 0.394 e. The SMILES string of the molecule is CC/C=C\C/C=C\C/C=C\C/C=C\C/C=C\C/C=C\CCCCCCCCCCCCCCCCC(=O)NC(CO)C(O)/C=C/CCCCCCCCCCCCCCCCCCCCCCCCCCCC. The first-order valence-electron chi connectivity index (χ1n) is 32.3. The highest BCUT2D eigenvalue weighted by molar-refractivity contribution is 5.76. The van der Waals surface area contributed by atoms with Crippen LogP contribution in [-0.4, -0.2) is 34.9 Å². The van der Waals surface area contributed by atoms with E-state index in [2.05, 4.69) is 92.1 Å². The van der Waals surface area contributed by atoms with E-state index in [0.717, 1.165) is 64.2 Å². The Morgan fingerprint density at radius 1 is 0.342 bits per heavy atom. The van der Waals surface area contributed by atoms with Crippen molar-refractivity contribution in [3.63, 3.8) is 0 Å². The number of rotatable bonds is 59. The number of unbranched alkanes of at least 4 members (excludes halogenated alkanes) is 40. The van der Waals surface area contributed by atoms with E-state index >= 15 is 0 Å². The Hall–Kier alpha value is -2.43. The van der Waals surface area contributed by atoms with Gasteiger partial charge in [0.1, 0.15) is 0 Å². The molecule has 0 spiro atoms. The summed E-state index contributed by atoms with van der Waals surface area (Å²) in [7, 11) is 0. The number of hydrogen-bond donors (Lipinski definition) is 3. The fourth-order valence-electron chi connectivity index (χ4n) is 9.77. The normalized spacial score (nSPS) is 13.3. The van der Waals surface area contributed by atoms with Gasteiger partial charge in [0.2, 0.25) is 5.91 Å². The number of allylic oxidation sites excluding steroid dienone is 13. The number of nitrogens with one attached hydrogen (secondary N) is 1. The van der Waals surface area contributed by atoms with Crippen molar-refractivity contribution in [3.05, 3.63) is 85.1 Å². The van der Waals surface area contributed by atoms with Crippen LogP contribution in [0.4, 0.5) is 0 Å². The van der Waals surface area contributed by atoms with E-state index in [0.29, 0.717) is 6.42 Å². The molecule has 0 bridgehead atoms. The highest BCUT2D eigenvalue weighted by Gasteiger charge is 2.18. The predicted molar refractivity (Wildman–Crippen MR) is 327 cm³/mol. The van der Waals surface area contributed by atoms with Crippen LogP contribution < -0.4 is 5.32 Å². The smallest absolute Gasteiger partial charge is 0.220 e. The number of aliphatic hydroxyl groups is 2. The molecule has 0 aromatic rings. The van der Waals surface area contributed by atoms with Crippen molar-refractivity contribution in [1.82, 2.24) is 5.32 Å². The van der Waals surface area contributed by atoms with Crippen LogP contribution in [0.1, 0.15) is 328 Å². The van der Waals surface area contributed by atoms with E-state index < -0.39 is 12.1 Å². The summed E-state index contributed by atoms with van der Waals surface area (Å²) < 4.78 is 0. The first-order valence-corrected chi connectivity index (χ1v) is 32.3. The van der Waals surface area contributed by atoms with Gasteiger partial charge in [-0.25, -0.2) is 0 Å². The Kier molecular flexibility index (Phi) is 61.7. The lowest BCUT2D eigenvalue weighted by Gasteiger charge is -2.20. The van der Waals surface area contributed by atoms with Crippen molar-refractivity contribution in [2.45, 2.75) is 341 Å². The van der Waals surface area contributed by atoms with Crippen molar-refractivity contribution in [2.24, 2.45) is 0 Å². The summed E-state index contributed by atoms with van der Waals surface area (Å²) in [6.07, 6.45) is 93.5. The summed E-state index contributed by atoms with van der Waals surface area (Å²) in [4.78, 5) is 12.5. The van der Waals surface area contributed by atoms with Crippen LogP contribution >= 0.6 is 0 Å². The van der Waals surface area contributed by atoms with Crippen LogP contribution in [0.15, 0.2) is 85.1 Å². The van der Waals surface area contributed by atoms with Gasteiger partial charge in [0.25, 0.3) is 0 Å². The van der Waals surface area contributed by atoms with Gasteiger partial charge in [-0.05, 0) is 70.6 Å². The summed E-state index contributed by atoms with van der Waals surface area (Å²) in [6, 6.07) is -0.628. The van der Waals surface area contributed by atoms with E-state index in [4.69, 9.17) is 0 Å². The first kappa shape index (κ1) is 70.6. The molecule has 2 atom stereocenters. The summed E-state index contributed by atoms with van der Waals surface area (Å²) in [5, 5.41) is 23.3. The zero-order valence-corrected chi connectivity index (χ0v) is 48.9. The van der Waals surface area contributed by atoms with Crippen LogP contribution in [0.3, 0.4) is 0 Å². The van der Waals surface area contributed by atoms with Crippen molar-refractivity contribution < 1.29 is 15.0 Å². The third-order valence-electron chi connectivity index (χ3n) is 14.6. The molecular formula is C69H125NO3. The molecule has 0 heterocycles. The summed E-state index contributed by atoms with van der Waals surface area (Å²) >= 11 is 0. The van der Waals surface area contributed by atoms with Gasteiger partial charge in [-0.1, -0.05) is 336 Å². The van der Waals surface area contributed by atoms with E-state index in [1.807, 2.05) is 6.08 Å². The zero-order valence-electron chi connectivity index (χ0n) is 48.9. The molecule has 4 heteroatoms. The Morgan fingerprint density at radius 2 is 0.603 bits per heavy atom. The molecule has 0 aliphatic carbocycles. The average molecular weight is 1020 g/mol. The first-order chi connectivity index (χ1) is 36.2. The van der Waals surface area contributed by atoms with Gasteiger partial charge in [-0.15, -0.1) is 0 Å². The van der Waals surface area contributed by atoms with Gasteiger partial charge in [0.05, 0.1) is 18.8 Å². The Bertz CT molecular complexity index is 1290. The molecule has 0 saturated heterocycles. The maximum absolute atomic E-state index is 12.5. The predicted octanol–water partition coefficient (Wildman–Crippen LogP) is 21.9. The molecule has 4 nitrogen and oxygen atoms in total. The second-order valence-electron chi connectivity index (χ2n) is 21.8. The Labute approximate surface area is 456 Å². The monoisotopic (exact) mass is 1020 g/mol. The average Bonchev–Trinajstić information content (AvgIpc) is 3.40. The fourth-order valence-corrected chi connectivity index (χ4v) is 9.77. The van der Waals surface area contributed by atoms with Crippen LogP contribution in [-0.2, 0) is 4.79 Å². The maximum Gasteiger partial charge on any atom is 0.220 e. The third kappa shape index (κ3) is 60.3. The summed E-state index contributed by atoms with van der Waals surface area (Å²) in [6.45, 7) is 4.22. The molecule has 424 valence electrons. The molecule has 0 aliphatic heterocycles. The van der Waals surface area contributed by atoms with E-state index in [9.17, 15) is 15.0 Å². The van der Waals surface area contributed by atoms with Crippen molar-refractivity contribution in [1.29, 1.82) is 0 Å². The number of carbonyl (C=O) groups is 1. The van der Waals surface area contributed by atoms with Crippen molar-refractivity contribution >= 4 is 5.91 Å². The lowest BCUT2D eigenvalue weighted by molar-refractivity contribution is -0.123. The minimum absolute atomic E-state index is 0.0632. The number of hydrogen-bond acceptors (Lipinski definition) is 3. The van der Waals surface area contributed by atoms with Gasteiger partial charge >= 0.3 is 0 Å². The second kappa shape index (κ2) is 63.9. The molecular weight excluding hydrogens is 891 g/mol. The van der Waals surface area contributed by atoms with Gasteiger partial charge in [-0.3, -0.25) is 4.79 Å². The summed E-state index contributed by atoms with van der Waals surface area (Å²) in [5.74, 6) is -0.0632. The standard InChI is InChI=1S/C69H125NO3/c1-3-5-7-9-11-13-15-17-19-21-23-25-27-29-31-33-34-35-36-37-39-41-43-45-47-49-51-53-55-57-59-61-63-65-69(73)70-67(66-71)68(72)64-62-60-58-56-54-52-50-48-46-44-42-40-38-32-30-28-26-24-22-20-18-16-14-12-10-8-6-4-2/h5,7,11,13,17,19,23,25,29,31,34-35,62,64,67-68,71-72H,3-4,6,8-10,12,14-16,18,20-22,24,26-28,30,32-33,36-61,63,65-66H2,1-2H3,(H,70,73)/b7-5-,13-11-,19-17-,25-23-,31-29-,35-34-,64-62+. The second-order valence-corrected chi connectivity index (χ2v) is 21.8. The Balaban J connectivity index is 3.49. The minimum atomic E-state index is -0.845. The molecule has 0 fully saturated rings. The number of aliphatic hydroxyl groups excluding tert-OH is 2. The van der Waals surface area contributed by atoms with E-state index in [1.165, 1.54) is 244 Å².